The molecule has 0 saturated carbocycles. The summed E-state index contributed by atoms with van der Waals surface area (Å²) in [6, 6.07) is 31.1. The molecule has 4 bridgehead atoms. The van der Waals surface area contributed by atoms with Crippen LogP contribution in [-0.4, -0.2) is 47.2 Å². The average molecular weight is 619 g/mol. The fourth-order valence-corrected chi connectivity index (χ4v) is 8.63. The number of hydrogen-bond acceptors (Lipinski definition) is 7. The Bertz CT molecular complexity index is 2110. The first kappa shape index (κ1) is 26.9. The highest BCUT2D eigenvalue weighted by atomic mass is 16.3. The molecule has 4 aromatic carbocycles. The number of rotatable bonds is 0. The first-order valence-electron chi connectivity index (χ1n) is 17.0. The Hall–Kier alpha value is -5.30. The Kier molecular flexibility index (Phi) is 5.92. The summed E-state index contributed by atoms with van der Waals surface area (Å²) in [6.07, 6.45) is 18.0. The highest BCUT2D eigenvalue weighted by Crippen LogP contribution is 2.46. The van der Waals surface area contributed by atoms with Gasteiger partial charge in [-0.3, -0.25) is 0 Å². The van der Waals surface area contributed by atoms with E-state index >= 15 is 0 Å². The standard InChI is InChI=1S/C40H38N6O/c1-41-21-24-46-36(41)27-37-42-19-8-20-43-23-26-45(40(43)32-11-3-6-13-34(32)44(37)25-22-42)33-12-5-2-9-28(33)15-16-29-17-18-31-30-10-4-7-14-35(30)47-39(31)38(29)46/h2-7,9-14,17-18,21-26,36-37,40H,8,15-16,19-20,27H2,1H3. The molecule has 47 heavy (non-hydrogen) atoms. The monoisotopic (exact) mass is 618 g/mol. The molecule has 0 radical (unpaired) electrons. The van der Waals surface area contributed by atoms with Gasteiger partial charge in [0.2, 0.25) is 0 Å². The predicted octanol–water partition coefficient (Wildman–Crippen LogP) is 7.94. The van der Waals surface area contributed by atoms with Gasteiger partial charge in [0.1, 0.15) is 24.1 Å². The molecule has 0 N–H and O–H groups in total. The lowest BCUT2D eigenvalue weighted by atomic mass is 9.98. The van der Waals surface area contributed by atoms with Gasteiger partial charge in [0.15, 0.2) is 5.58 Å². The van der Waals surface area contributed by atoms with Crippen molar-refractivity contribution in [1.29, 1.82) is 0 Å². The number of benzene rings is 4. The van der Waals surface area contributed by atoms with Crippen LogP contribution in [0.2, 0.25) is 0 Å². The van der Waals surface area contributed by atoms with Crippen molar-refractivity contribution >= 4 is 39.0 Å². The van der Waals surface area contributed by atoms with Crippen molar-refractivity contribution in [3.63, 3.8) is 0 Å². The van der Waals surface area contributed by atoms with Crippen molar-refractivity contribution < 1.29 is 4.42 Å². The molecule has 5 aliphatic heterocycles. The lowest BCUT2D eigenvalue weighted by Gasteiger charge is -2.42. The Morgan fingerprint density at radius 1 is 0.596 bits per heavy atom. The van der Waals surface area contributed by atoms with Crippen LogP contribution in [0, 0.1) is 0 Å². The summed E-state index contributed by atoms with van der Waals surface area (Å²) in [5.41, 5.74) is 9.66. The molecule has 10 rings (SSSR count). The molecular formula is C40H38N6O. The third-order valence-corrected chi connectivity index (χ3v) is 10.9. The van der Waals surface area contributed by atoms with Crippen LogP contribution in [0.5, 0.6) is 0 Å². The van der Waals surface area contributed by atoms with Gasteiger partial charge < -0.3 is 33.8 Å². The van der Waals surface area contributed by atoms with Gasteiger partial charge in [-0.05, 0) is 48.6 Å². The minimum atomic E-state index is 0.0912. The van der Waals surface area contributed by atoms with Gasteiger partial charge >= 0.3 is 0 Å². The van der Waals surface area contributed by atoms with E-state index in [9.17, 15) is 0 Å². The summed E-state index contributed by atoms with van der Waals surface area (Å²) < 4.78 is 6.76. The van der Waals surface area contributed by atoms with Crippen LogP contribution in [0.4, 0.5) is 17.1 Å². The fourth-order valence-electron chi connectivity index (χ4n) is 8.63. The van der Waals surface area contributed by atoms with E-state index in [0.717, 1.165) is 49.9 Å². The number of hydrogen-bond donors (Lipinski definition) is 0. The highest BCUT2D eigenvalue weighted by Gasteiger charge is 2.40. The minimum Gasteiger partial charge on any atom is -0.454 e. The van der Waals surface area contributed by atoms with E-state index < -0.39 is 0 Å². The molecule has 5 aromatic rings. The van der Waals surface area contributed by atoms with Crippen molar-refractivity contribution in [2.24, 2.45) is 0 Å². The molecule has 0 spiro atoms. The van der Waals surface area contributed by atoms with Gasteiger partial charge in [0.25, 0.3) is 0 Å². The van der Waals surface area contributed by atoms with E-state index in [4.69, 9.17) is 4.42 Å². The molecule has 6 heterocycles. The molecule has 0 amide bonds. The van der Waals surface area contributed by atoms with Gasteiger partial charge in [-0.2, -0.15) is 0 Å². The Labute approximate surface area is 275 Å². The smallest absolute Gasteiger partial charge is 0.159 e. The third-order valence-electron chi connectivity index (χ3n) is 10.9. The van der Waals surface area contributed by atoms with Gasteiger partial charge in [0, 0.05) is 91.5 Å². The molecule has 0 fully saturated rings. The maximum absolute atomic E-state index is 6.76. The first-order valence-corrected chi connectivity index (χ1v) is 17.0. The molecule has 234 valence electrons. The zero-order valence-corrected chi connectivity index (χ0v) is 26.6. The number of anilines is 3. The number of fused-ring (bicyclic) bond motifs is 9. The maximum Gasteiger partial charge on any atom is 0.159 e. The van der Waals surface area contributed by atoms with Crippen LogP contribution in [-0.2, 0) is 12.8 Å². The molecule has 0 saturated heterocycles. The van der Waals surface area contributed by atoms with E-state index in [1.165, 1.54) is 44.5 Å². The van der Waals surface area contributed by atoms with E-state index in [0.29, 0.717) is 0 Å². The third kappa shape index (κ3) is 4.05. The van der Waals surface area contributed by atoms with Crippen molar-refractivity contribution in [3.8, 4) is 0 Å². The lowest BCUT2D eigenvalue weighted by Crippen LogP contribution is -2.49. The van der Waals surface area contributed by atoms with Gasteiger partial charge in [0.05, 0.1) is 5.69 Å². The van der Waals surface area contributed by atoms with Crippen LogP contribution in [0.3, 0.4) is 0 Å². The second kappa shape index (κ2) is 10.4. The second-order valence-corrected chi connectivity index (χ2v) is 13.4. The summed E-state index contributed by atoms with van der Waals surface area (Å²) in [7, 11) is 2.22. The number of nitrogens with zero attached hydrogens (tertiary/aromatic N) is 6. The van der Waals surface area contributed by atoms with Crippen molar-refractivity contribution in [3.05, 3.63) is 139 Å². The highest BCUT2D eigenvalue weighted by molar-refractivity contribution is 6.09. The SMILES string of the molecule is CN1C=CN2c3c(ccc4c3oc3ccccc34)CCc3ccccc3N3C=CN4CCCN5C=CN(c6ccccc6C43)C5CC12. The lowest BCUT2D eigenvalue weighted by molar-refractivity contribution is 0.210. The van der Waals surface area contributed by atoms with Crippen molar-refractivity contribution in [2.75, 3.05) is 34.8 Å². The Morgan fingerprint density at radius 2 is 1.34 bits per heavy atom. The minimum absolute atomic E-state index is 0.0912. The van der Waals surface area contributed by atoms with Crippen LogP contribution in [0.25, 0.3) is 21.9 Å². The Balaban J connectivity index is 1.21. The largest absolute Gasteiger partial charge is 0.454 e. The number of para-hydroxylation sites is 3. The zero-order chi connectivity index (χ0) is 31.1. The van der Waals surface area contributed by atoms with Crippen LogP contribution < -0.4 is 14.7 Å². The quantitative estimate of drug-likeness (QED) is 0.174. The summed E-state index contributed by atoms with van der Waals surface area (Å²) in [4.78, 5) is 15.0. The molecule has 3 atom stereocenters. The van der Waals surface area contributed by atoms with E-state index in [1.54, 1.807) is 0 Å². The summed E-state index contributed by atoms with van der Waals surface area (Å²) in [5, 5.41) is 2.35. The maximum atomic E-state index is 6.76. The molecule has 7 nitrogen and oxygen atoms in total. The molecule has 7 heteroatoms. The van der Waals surface area contributed by atoms with Crippen LogP contribution >= 0.6 is 0 Å². The molecule has 1 aromatic heterocycles. The summed E-state index contributed by atoms with van der Waals surface area (Å²) in [5.74, 6) is 0. The van der Waals surface area contributed by atoms with Crippen molar-refractivity contribution in [1.82, 2.24) is 14.7 Å². The molecule has 0 aliphatic carbocycles. The molecule has 3 unspecified atom stereocenters. The topological polar surface area (TPSA) is 32.6 Å². The first-order chi connectivity index (χ1) is 23.2. The average Bonchev–Trinajstić information content (AvgIpc) is 3.88. The van der Waals surface area contributed by atoms with Gasteiger partial charge in [-0.15, -0.1) is 0 Å². The number of aryl methyl sites for hydroxylation is 2. The van der Waals surface area contributed by atoms with E-state index in [2.05, 4.69) is 159 Å². The van der Waals surface area contributed by atoms with Gasteiger partial charge in [-0.25, -0.2) is 0 Å². The number of furan rings is 1. The summed E-state index contributed by atoms with van der Waals surface area (Å²) in [6.45, 7) is 2.00. The molecular weight excluding hydrogens is 580 g/mol. The second-order valence-electron chi connectivity index (χ2n) is 13.4. The van der Waals surface area contributed by atoms with Crippen LogP contribution in [0.1, 0.15) is 35.7 Å². The fraction of sp³-hybridized carbons (Fsp3) is 0.250. The van der Waals surface area contributed by atoms with Crippen molar-refractivity contribution in [2.45, 2.75) is 44.2 Å². The molecule has 5 aliphatic rings. The van der Waals surface area contributed by atoms with Gasteiger partial charge in [-0.1, -0.05) is 66.7 Å². The normalized spacial score (nSPS) is 23.0. The summed E-state index contributed by atoms with van der Waals surface area (Å²) >= 11 is 0. The van der Waals surface area contributed by atoms with E-state index in [1.807, 2.05) is 0 Å². The van der Waals surface area contributed by atoms with E-state index in [-0.39, 0.29) is 18.5 Å². The zero-order valence-electron chi connectivity index (χ0n) is 26.6. The van der Waals surface area contributed by atoms with Crippen LogP contribution in [0.15, 0.2) is 127 Å². The predicted molar refractivity (Wildman–Crippen MR) is 190 cm³/mol. The Morgan fingerprint density at radius 3 is 2.30 bits per heavy atom.